The summed E-state index contributed by atoms with van der Waals surface area (Å²) in [4.78, 5) is 60.4. The summed E-state index contributed by atoms with van der Waals surface area (Å²) in [7, 11) is 0. The van der Waals surface area contributed by atoms with Gasteiger partial charge in [0.1, 0.15) is 6.04 Å². The molecule has 3 rings (SSSR count). The van der Waals surface area contributed by atoms with Crippen molar-refractivity contribution in [2.45, 2.75) is 18.9 Å². The molecule has 4 N–H and O–H groups in total. The van der Waals surface area contributed by atoms with Crippen LogP contribution in [0.15, 0.2) is 18.2 Å². The number of nitrogens with two attached hydrogens (primary N) is 1. The van der Waals surface area contributed by atoms with Crippen LogP contribution in [0.1, 0.15) is 33.6 Å². The molecule has 2 unspecified atom stereocenters. The van der Waals surface area contributed by atoms with Gasteiger partial charge in [-0.05, 0) is 18.6 Å². The van der Waals surface area contributed by atoms with Crippen molar-refractivity contribution in [2.24, 2.45) is 5.92 Å². The van der Waals surface area contributed by atoms with Crippen molar-refractivity contribution in [1.82, 2.24) is 10.2 Å². The van der Waals surface area contributed by atoms with E-state index in [2.05, 4.69) is 0 Å². The van der Waals surface area contributed by atoms with Crippen LogP contribution in [-0.4, -0.2) is 45.6 Å². The molecule has 1 saturated heterocycles. The second-order valence-corrected chi connectivity index (χ2v) is 5.65. The quantitative estimate of drug-likeness (QED) is 0.493. The summed E-state index contributed by atoms with van der Waals surface area (Å²) >= 11 is 0. The number of piperidine rings is 1. The predicted octanol–water partition coefficient (Wildman–Crippen LogP) is -0.629. The maximum atomic E-state index is 12.5. The van der Waals surface area contributed by atoms with Crippen molar-refractivity contribution in [2.75, 3.05) is 5.73 Å². The largest absolute Gasteiger partial charge is 0.481 e. The molecule has 0 bridgehead atoms. The van der Waals surface area contributed by atoms with E-state index in [1.165, 1.54) is 18.2 Å². The van der Waals surface area contributed by atoms with E-state index < -0.39 is 48.0 Å². The van der Waals surface area contributed by atoms with Gasteiger partial charge in [0.25, 0.3) is 11.8 Å². The van der Waals surface area contributed by atoms with Gasteiger partial charge in [-0.15, -0.1) is 0 Å². The summed E-state index contributed by atoms with van der Waals surface area (Å²) in [5, 5.41) is 10.9. The molecular formula is C15H13N3O6. The first kappa shape index (κ1) is 15.7. The fourth-order valence-electron chi connectivity index (χ4n) is 3.01. The Kier molecular flexibility index (Phi) is 3.55. The molecule has 1 aromatic carbocycles. The van der Waals surface area contributed by atoms with E-state index in [0.29, 0.717) is 0 Å². The number of anilines is 1. The molecule has 4 amide bonds. The Morgan fingerprint density at radius 3 is 2.54 bits per heavy atom. The highest BCUT2D eigenvalue weighted by molar-refractivity contribution is 6.25. The number of hydrogen-bond donors (Lipinski definition) is 3. The number of amides is 4. The Balaban J connectivity index is 1.94. The van der Waals surface area contributed by atoms with Crippen LogP contribution in [-0.2, 0) is 14.4 Å². The molecule has 1 aromatic rings. The second-order valence-electron chi connectivity index (χ2n) is 5.65. The minimum absolute atomic E-state index is 0.0157. The molecule has 0 aliphatic carbocycles. The van der Waals surface area contributed by atoms with Gasteiger partial charge in [-0.2, -0.15) is 0 Å². The number of rotatable bonds is 3. The minimum Gasteiger partial charge on any atom is -0.481 e. The van der Waals surface area contributed by atoms with E-state index >= 15 is 0 Å². The molecule has 2 heterocycles. The summed E-state index contributed by atoms with van der Waals surface area (Å²) in [5.41, 5.74) is 5.95. The summed E-state index contributed by atoms with van der Waals surface area (Å²) in [6.07, 6.45) is -0.733. The van der Waals surface area contributed by atoms with Crippen molar-refractivity contribution < 1.29 is 29.1 Å². The monoisotopic (exact) mass is 331 g/mol. The van der Waals surface area contributed by atoms with Gasteiger partial charge in [0.15, 0.2) is 0 Å². The lowest BCUT2D eigenvalue weighted by molar-refractivity contribution is -0.146. The standard InChI is InChI=1S/C15H13N3O6/c16-8-3-1-2-7-11(8)15(24)18(14(7)23)9-4-6(5-10(19)20)12(21)17-13(9)22/h1-3,6,9H,4-5,16H2,(H,19,20)(H,17,21,22). The van der Waals surface area contributed by atoms with Crippen LogP contribution in [0.2, 0.25) is 0 Å². The Labute approximate surface area is 135 Å². The van der Waals surface area contributed by atoms with Crippen LogP contribution in [0.4, 0.5) is 5.69 Å². The Hall–Kier alpha value is -3.23. The molecule has 2 aliphatic heterocycles. The lowest BCUT2D eigenvalue weighted by Crippen LogP contribution is -2.57. The van der Waals surface area contributed by atoms with Crippen LogP contribution in [0.5, 0.6) is 0 Å². The molecule has 9 heteroatoms. The van der Waals surface area contributed by atoms with Gasteiger partial charge >= 0.3 is 5.97 Å². The molecular weight excluding hydrogens is 318 g/mol. The molecule has 0 aromatic heterocycles. The molecule has 124 valence electrons. The van der Waals surface area contributed by atoms with Crippen LogP contribution in [0, 0.1) is 5.92 Å². The third kappa shape index (κ3) is 2.30. The number of nitrogen functional groups attached to an aromatic ring is 1. The van der Waals surface area contributed by atoms with Crippen molar-refractivity contribution >= 4 is 35.3 Å². The van der Waals surface area contributed by atoms with Gasteiger partial charge < -0.3 is 10.8 Å². The molecule has 1 fully saturated rings. The third-order valence-electron chi connectivity index (χ3n) is 4.14. The van der Waals surface area contributed by atoms with Crippen LogP contribution >= 0.6 is 0 Å². The van der Waals surface area contributed by atoms with Crippen LogP contribution in [0.25, 0.3) is 0 Å². The maximum absolute atomic E-state index is 12.5. The predicted molar refractivity (Wildman–Crippen MR) is 78.7 cm³/mol. The normalized spacial score (nSPS) is 23.2. The number of carbonyl (C=O) groups excluding carboxylic acids is 4. The zero-order chi connectivity index (χ0) is 17.6. The summed E-state index contributed by atoms with van der Waals surface area (Å²) in [5.74, 6) is -5.17. The molecule has 0 saturated carbocycles. The number of nitrogens with zero attached hydrogens (tertiary/aromatic N) is 1. The summed E-state index contributed by atoms with van der Waals surface area (Å²) < 4.78 is 0. The topological polar surface area (TPSA) is 147 Å². The minimum atomic E-state index is -1.25. The van der Waals surface area contributed by atoms with E-state index in [-0.39, 0.29) is 23.2 Å². The van der Waals surface area contributed by atoms with Crippen molar-refractivity contribution in [3.05, 3.63) is 29.3 Å². The number of hydrogen-bond acceptors (Lipinski definition) is 6. The Bertz CT molecular complexity index is 802. The van der Waals surface area contributed by atoms with E-state index in [4.69, 9.17) is 10.8 Å². The number of imide groups is 2. The Morgan fingerprint density at radius 1 is 1.21 bits per heavy atom. The smallest absolute Gasteiger partial charge is 0.304 e. The van der Waals surface area contributed by atoms with Gasteiger partial charge in [0.2, 0.25) is 11.8 Å². The van der Waals surface area contributed by atoms with Gasteiger partial charge in [-0.25, -0.2) is 0 Å². The lowest BCUT2D eigenvalue weighted by atomic mass is 9.90. The number of benzene rings is 1. The van der Waals surface area contributed by atoms with Gasteiger partial charge in [-0.1, -0.05) is 6.07 Å². The molecule has 0 spiro atoms. The highest BCUT2D eigenvalue weighted by atomic mass is 16.4. The first-order valence-electron chi connectivity index (χ1n) is 7.14. The first-order chi connectivity index (χ1) is 11.3. The van der Waals surface area contributed by atoms with E-state index in [1.54, 1.807) is 0 Å². The Morgan fingerprint density at radius 2 is 1.92 bits per heavy atom. The van der Waals surface area contributed by atoms with Gasteiger partial charge in [0, 0.05) is 5.69 Å². The zero-order valence-corrected chi connectivity index (χ0v) is 12.3. The number of fused-ring (bicyclic) bond motifs is 1. The average Bonchev–Trinajstić information content (AvgIpc) is 2.75. The first-order valence-corrected chi connectivity index (χ1v) is 7.14. The fourth-order valence-corrected chi connectivity index (χ4v) is 3.01. The van der Waals surface area contributed by atoms with Crippen molar-refractivity contribution in [3.63, 3.8) is 0 Å². The number of carbonyl (C=O) groups is 5. The molecule has 2 atom stereocenters. The highest BCUT2D eigenvalue weighted by Crippen LogP contribution is 2.32. The molecule has 0 radical (unpaired) electrons. The van der Waals surface area contributed by atoms with Crippen LogP contribution in [0.3, 0.4) is 0 Å². The summed E-state index contributed by atoms with van der Waals surface area (Å²) in [6.45, 7) is 0. The highest BCUT2D eigenvalue weighted by Gasteiger charge is 2.47. The lowest BCUT2D eigenvalue weighted by Gasteiger charge is -2.31. The molecule has 9 nitrogen and oxygen atoms in total. The maximum Gasteiger partial charge on any atom is 0.304 e. The van der Waals surface area contributed by atoms with Gasteiger partial charge in [0.05, 0.1) is 23.5 Å². The zero-order valence-electron chi connectivity index (χ0n) is 12.3. The second kappa shape index (κ2) is 5.44. The fraction of sp³-hybridized carbons (Fsp3) is 0.267. The number of nitrogens with one attached hydrogen (secondary N) is 1. The average molecular weight is 331 g/mol. The molecule has 24 heavy (non-hydrogen) atoms. The van der Waals surface area contributed by atoms with E-state index in [0.717, 1.165) is 4.90 Å². The van der Waals surface area contributed by atoms with E-state index in [1.807, 2.05) is 5.32 Å². The van der Waals surface area contributed by atoms with Crippen LogP contribution < -0.4 is 11.1 Å². The number of aliphatic carboxylic acids is 1. The number of carboxylic acid groups (broad SMARTS) is 1. The molecule has 2 aliphatic rings. The SMILES string of the molecule is Nc1cccc2c1C(=O)N(C1CC(CC(=O)O)C(=O)NC1=O)C2=O. The number of carboxylic acids is 1. The third-order valence-corrected chi connectivity index (χ3v) is 4.14. The van der Waals surface area contributed by atoms with E-state index in [9.17, 15) is 24.0 Å². The van der Waals surface area contributed by atoms with Crippen molar-refractivity contribution in [1.29, 1.82) is 0 Å². The van der Waals surface area contributed by atoms with Crippen molar-refractivity contribution in [3.8, 4) is 0 Å². The van der Waals surface area contributed by atoms with Gasteiger partial charge in [-0.3, -0.25) is 34.2 Å². The summed E-state index contributed by atoms with van der Waals surface area (Å²) in [6, 6.07) is 3.15.